The number of primary amides is 1. The third-order valence-electron chi connectivity index (χ3n) is 5.47. The number of nitrogens with one attached hydrogen (secondary N) is 1. The average Bonchev–Trinajstić information content (AvgIpc) is 3.19. The van der Waals surface area contributed by atoms with Crippen LogP contribution in [0.3, 0.4) is 0 Å². The Kier molecular flexibility index (Phi) is 6.36. The highest BCUT2D eigenvalue weighted by Gasteiger charge is 2.54. The summed E-state index contributed by atoms with van der Waals surface area (Å²) in [5.74, 6) is -1.58. The van der Waals surface area contributed by atoms with E-state index in [9.17, 15) is 31.1 Å². The van der Waals surface area contributed by atoms with Crippen LogP contribution in [-0.2, 0) is 16.0 Å². The number of aliphatic imine (C=N–C) groups is 2. The second-order valence-corrected chi connectivity index (χ2v) is 7.85. The smallest absolute Gasteiger partial charge is 0.406 e. The van der Waals surface area contributed by atoms with E-state index in [1.165, 1.54) is 6.08 Å². The van der Waals surface area contributed by atoms with Gasteiger partial charge in [0, 0.05) is 32.6 Å². The van der Waals surface area contributed by atoms with E-state index in [0.717, 1.165) is 30.3 Å². The number of guanidine groups is 1. The van der Waals surface area contributed by atoms with Crippen LogP contribution >= 0.6 is 0 Å². The molecule has 3 aliphatic rings. The maximum absolute atomic E-state index is 13.7. The van der Waals surface area contributed by atoms with Crippen LogP contribution in [0.1, 0.15) is 5.56 Å². The molecule has 3 N–H and O–H groups in total. The molecule has 2 heterocycles. The van der Waals surface area contributed by atoms with E-state index >= 15 is 0 Å². The van der Waals surface area contributed by atoms with Gasteiger partial charge in [0.15, 0.2) is 5.60 Å². The molecule has 0 spiro atoms. The minimum Gasteiger partial charge on any atom is -0.406 e. The average molecular weight is 503 g/mol. The van der Waals surface area contributed by atoms with Crippen LogP contribution in [0.25, 0.3) is 0 Å². The Hall–Kier alpha value is -3.39. The molecular formula is C21H19F6N5O3. The summed E-state index contributed by atoms with van der Waals surface area (Å²) in [6.45, 7) is 2.24. The lowest BCUT2D eigenvalue weighted by Crippen LogP contribution is -2.53. The number of alkyl halides is 6. The molecule has 1 atom stereocenters. The summed E-state index contributed by atoms with van der Waals surface area (Å²) in [6.07, 6.45) is -8.37. The minimum atomic E-state index is -5.23. The van der Waals surface area contributed by atoms with Gasteiger partial charge in [-0.15, -0.1) is 26.3 Å². The summed E-state index contributed by atoms with van der Waals surface area (Å²) in [6, 6.07) is 4.15. The van der Waals surface area contributed by atoms with Crippen LogP contribution in [0, 0.1) is 0 Å². The van der Waals surface area contributed by atoms with E-state index in [1.807, 2.05) is 0 Å². The quantitative estimate of drug-likeness (QED) is 0.602. The Balaban J connectivity index is 1.75. The number of carbonyl (C=O) groups excluding carboxylic acids is 1. The number of piperazine rings is 1. The zero-order valence-corrected chi connectivity index (χ0v) is 17.9. The predicted molar refractivity (Wildman–Crippen MR) is 111 cm³/mol. The molecule has 1 saturated heterocycles. The maximum atomic E-state index is 13.7. The number of nitrogens with two attached hydrogens (primary N) is 1. The molecule has 1 aliphatic carbocycles. The molecule has 0 bridgehead atoms. The number of halogens is 6. The molecule has 1 amide bonds. The molecule has 1 unspecified atom stereocenters. The lowest BCUT2D eigenvalue weighted by molar-refractivity contribution is -0.348. The molecule has 4 rings (SSSR count). The van der Waals surface area contributed by atoms with Gasteiger partial charge in [-0.05, 0) is 29.8 Å². The molecule has 2 aliphatic heterocycles. The van der Waals surface area contributed by atoms with Crippen LogP contribution < -0.4 is 15.8 Å². The largest absolute Gasteiger partial charge is 0.573 e. The fourth-order valence-electron chi connectivity index (χ4n) is 4.08. The summed E-state index contributed by atoms with van der Waals surface area (Å²) in [5.41, 5.74) is 2.29. The molecule has 0 radical (unpaired) electrons. The van der Waals surface area contributed by atoms with Gasteiger partial charge in [0.25, 0.3) is 0 Å². The van der Waals surface area contributed by atoms with Crippen molar-refractivity contribution in [2.45, 2.75) is 24.7 Å². The van der Waals surface area contributed by atoms with Crippen LogP contribution in [0.4, 0.5) is 26.3 Å². The Morgan fingerprint density at radius 2 is 1.69 bits per heavy atom. The summed E-state index contributed by atoms with van der Waals surface area (Å²) >= 11 is 0. The van der Waals surface area contributed by atoms with Crippen molar-refractivity contribution in [3.8, 4) is 5.75 Å². The Morgan fingerprint density at radius 3 is 2.26 bits per heavy atom. The van der Waals surface area contributed by atoms with E-state index < -0.39 is 42.0 Å². The second kappa shape index (κ2) is 9.00. The van der Waals surface area contributed by atoms with Crippen LogP contribution in [-0.4, -0.2) is 67.0 Å². The third kappa shape index (κ3) is 5.48. The van der Waals surface area contributed by atoms with Crippen molar-refractivity contribution < 1.29 is 40.6 Å². The number of allylic oxidation sites excluding steroid dienone is 2. The van der Waals surface area contributed by atoms with Crippen molar-refractivity contribution in [1.82, 2.24) is 10.2 Å². The van der Waals surface area contributed by atoms with Gasteiger partial charge in [0.1, 0.15) is 11.5 Å². The lowest BCUT2D eigenvalue weighted by atomic mass is 9.78. The Bertz CT molecular complexity index is 1120. The first-order chi connectivity index (χ1) is 16.4. The van der Waals surface area contributed by atoms with Crippen molar-refractivity contribution >= 4 is 17.6 Å². The number of benzene rings is 1. The van der Waals surface area contributed by atoms with E-state index in [-0.39, 0.29) is 22.9 Å². The molecule has 1 aromatic rings. The maximum Gasteiger partial charge on any atom is 0.573 e. The summed E-state index contributed by atoms with van der Waals surface area (Å²) in [7, 11) is 0. The van der Waals surface area contributed by atoms with E-state index in [4.69, 9.17) is 5.73 Å². The molecule has 188 valence electrons. The second-order valence-electron chi connectivity index (χ2n) is 7.85. The number of ether oxygens (including phenoxy) is 2. The summed E-state index contributed by atoms with van der Waals surface area (Å²) in [4.78, 5) is 22.7. The molecule has 8 nitrogen and oxygen atoms in total. The zero-order chi connectivity index (χ0) is 25.4. The van der Waals surface area contributed by atoms with Crippen LogP contribution in [0.15, 0.2) is 57.7 Å². The highest BCUT2D eigenvalue weighted by molar-refractivity contribution is 6.22. The van der Waals surface area contributed by atoms with Crippen molar-refractivity contribution in [1.29, 1.82) is 0 Å². The first kappa shape index (κ1) is 24.7. The van der Waals surface area contributed by atoms with Gasteiger partial charge in [0.2, 0.25) is 11.9 Å². The number of rotatable bonds is 5. The molecule has 35 heavy (non-hydrogen) atoms. The molecule has 14 heteroatoms. The normalized spacial score (nSPS) is 22.6. The topological polar surface area (TPSA) is 102 Å². The fourth-order valence-corrected chi connectivity index (χ4v) is 4.08. The molecule has 0 aromatic heterocycles. The fraction of sp³-hybridized carbons (Fsp3) is 0.381. The van der Waals surface area contributed by atoms with Gasteiger partial charge in [-0.3, -0.25) is 9.53 Å². The number of hydrogen-bond donors (Lipinski definition) is 2. The molecule has 0 saturated carbocycles. The van der Waals surface area contributed by atoms with Crippen LogP contribution in [0.2, 0.25) is 0 Å². The predicted octanol–water partition coefficient (Wildman–Crippen LogP) is 2.43. The number of fused-ring (bicyclic) bond motifs is 1. The number of amides is 1. The van der Waals surface area contributed by atoms with Gasteiger partial charge in [-0.2, -0.15) is 0 Å². The van der Waals surface area contributed by atoms with Crippen LogP contribution in [0.5, 0.6) is 5.75 Å². The van der Waals surface area contributed by atoms with Gasteiger partial charge < -0.3 is 20.7 Å². The highest BCUT2D eigenvalue weighted by atomic mass is 19.4. The number of carbonyl (C=O) groups is 1. The zero-order valence-electron chi connectivity index (χ0n) is 17.9. The third-order valence-corrected chi connectivity index (χ3v) is 5.47. The Morgan fingerprint density at radius 1 is 1.03 bits per heavy atom. The van der Waals surface area contributed by atoms with E-state index in [0.29, 0.717) is 26.2 Å². The number of hydrogen-bond acceptors (Lipinski definition) is 7. The standard InChI is InChI=1S/C21H19F6N5O3/c22-20(23,24)34-13-3-1-12(2-4-13)11-19(35-21(25,26)27)14(17(28)33)5-6-15-16(19)31-18(30-15)32-9-7-29-8-10-32/h1-6,29H,7-11H2,(H2,28,33). The van der Waals surface area contributed by atoms with Gasteiger partial charge in [-0.25, -0.2) is 9.98 Å². The summed E-state index contributed by atoms with van der Waals surface area (Å²) < 4.78 is 86.9. The molecule has 1 aromatic carbocycles. The van der Waals surface area contributed by atoms with Crippen molar-refractivity contribution in [2.24, 2.45) is 15.7 Å². The van der Waals surface area contributed by atoms with Gasteiger partial charge in [-0.1, -0.05) is 12.1 Å². The van der Waals surface area contributed by atoms with E-state index in [1.54, 1.807) is 4.90 Å². The van der Waals surface area contributed by atoms with Crippen molar-refractivity contribution in [3.63, 3.8) is 0 Å². The first-order valence-electron chi connectivity index (χ1n) is 10.3. The van der Waals surface area contributed by atoms with Gasteiger partial charge >= 0.3 is 12.7 Å². The summed E-state index contributed by atoms with van der Waals surface area (Å²) in [5, 5.41) is 3.14. The molecular weight excluding hydrogens is 484 g/mol. The van der Waals surface area contributed by atoms with E-state index in [2.05, 4.69) is 24.8 Å². The molecule has 1 fully saturated rings. The van der Waals surface area contributed by atoms with Crippen molar-refractivity contribution in [2.75, 3.05) is 26.2 Å². The SMILES string of the molecule is NC(=O)C1=CC=C2N=C(N3CCNCC3)N=C2C1(Cc1ccc(OC(F)(F)F)cc1)OC(F)(F)F. The lowest BCUT2D eigenvalue weighted by Gasteiger charge is -2.37. The van der Waals surface area contributed by atoms with Crippen molar-refractivity contribution in [3.05, 3.63) is 53.3 Å². The Labute approximate surface area is 194 Å². The number of nitrogens with zero attached hydrogens (tertiary/aromatic N) is 3. The van der Waals surface area contributed by atoms with Gasteiger partial charge in [0.05, 0.1) is 11.3 Å². The highest BCUT2D eigenvalue weighted by Crippen LogP contribution is 2.41. The monoisotopic (exact) mass is 503 g/mol. The minimum absolute atomic E-state index is 0.0600. The first-order valence-corrected chi connectivity index (χ1v) is 10.3.